The maximum Gasteiger partial charge on any atom is 0.230 e. The minimum atomic E-state index is -0.808. The van der Waals surface area contributed by atoms with Gasteiger partial charge in [-0.1, -0.05) is 43.7 Å². The van der Waals surface area contributed by atoms with Crippen LogP contribution >= 0.6 is 0 Å². The van der Waals surface area contributed by atoms with Gasteiger partial charge in [-0.25, -0.2) is 0 Å². The number of hydrogen-bond acceptors (Lipinski definition) is 2. The first-order valence-electron chi connectivity index (χ1n) is 7.06. The monoisotopic (exact) mass is 261 g/mol. The molecule has 0 radical (unpaired) electrons. The fourth-order valence-corrected chi connectivity index (χ4v) is 2.60. The molecule has 2 rings (SSSR count). The van der Waals surface area contributed by atoms with Gasteiger partial charge < -0.3 is 10.4 Å². The molecule has 0 heterocycles. The Bertz CT molecular complexity index is 435. The number of benzene rings is 1. The molecule has 0 saturated heterocycles. The molecule has 3 nitrogen and oxygen atoms in total. The molecule has 1 fully saturated rings. The third-order valence-corrected chi connectivity index (χ3v) is 3.93. The number of carbonyl (C=O) groups excluding carboxylic acids is 1. The molecule has 104 valence electrons. The molecule has 2 N–H and O–H groups in total. The molecule has 1 amide bonds. The van der Waals surface area contributed by atoms with Crippen LogP contribution in [-0.2, 0) is 10.2 Å². The van der Waals surface area contributed by atoms with E-state index in [-0.39, 0.29) is 11.3 Å². The van der Waals surface area contributed by atoms with E-state index in [9.17, 15) is 9.90 Å². The van der Waals surface area contributed by atoms with Crippen LogP contribution in [0.4, 0.5) is 0 Å². The lowest BCUT2D eigenvalue weighted by Crippen LogP contribution is -2.44. The van der Waals surface area contributed by atoms with Gasteiger partial charge in [0.15, 0.2) is 0 Å². The Morgan fingerprint density at radius 2 is 2.00 bits per heavy atom. The third-order valence-electron chi connectivity index (χ3n) is 3.93. The number of carbonyl (C=O) groups is 1. The summed E-state index contributed by atoms with van der Waals surface area (Å²) >= 11 is 0. The van der Waals surface area contributed by atoms with Crippen LogP contribution in [0.1, 0.15) is 45.1 Å². The lowest BCUT2D eigenvalue weighted by molar-refractivity contribution is -0.124. The first-order chi connectivity index (χ1) is 9.00. The zero-order chi connectivity index (χ0) is 13.9. The second-order valence-electron chi connectivity index (χ2n) is 5.88. The molecule has 1 aromatic rings. The van der Waals surface area contributed by atoms with Crippen LogP contribution in [0.2, 0.25) is 0 Å². The number of hydrogen-bond donors (Lipinski definition) is 2. The Hall–Kier alpha value is -1.35. The number of aliphatic hydroxyl groups is 1. The highest BCUT2D eigenvalue weighted by molar-refractivity contribution is 5.91. The smallest absolute Gasteiger partial charge is 0.230 e. The van der Waals surface area contributed by atoms with Crippen LogP contribution in [0, 0.1) is 0 Å². The second-order valence-corrected chi connectivity index (χ2v) is 5.88. The minimum absolute atomic E-state index is 0.0510. The van der Waals surface area contributed by atoms with Gasteiger partial charge in [-0.2, -0.15) is 0 Å². The first kappa shape index (κ1) is 14.1. The fourth-order valence-electron chi connectivity index (χ4n) is 2.60. The van der Waals surface area contributed by atoms with Gasteiger partial charge in [-0.3, -0.25) is 4.79 Å². The maximum absolute atomic E-state index is 12.4. The van der Waals surface area contributed by atoms with E-state index in [4.69, 9.17) is 0 Å². The SMILES string of the molecule is CCCC(C)(O)CNC(=O)C1(c2ccccc2)CC1. The molecule has 1 aliphatic rings. The highest BCUT2D eigenvalue weighted by atomic mass is 16.3. The van der Waals surface area contributed by atoms with Crippen molar-refractivity contribution in [1.82, 2.24) is 5.32 Å². The van der Waals surface area contributed by atoms with Crippen LogP contribution in [0.3, 0.4) is 0 Å². The summed E-state index contributed by atoms with van der Waals surface area (Å²) in [5.74, 6) is 0.0510. The van der Waals surface area contributed by atoms with Gasteiger partial charge in [-0.15, -0.1) is 0 Å². The highest BCUT2D eigenvalue weighted by Crippen LogP contribution is 2.48. The van der Waals surface area contributed by atoms with E-state index in [1.54, 1.807) is 6.92 Å². The Balaban J connectivity index is 1.98. The minimum Gasteiger partial charge on any atom is -0.388 e. The predicted molar refractivity (Wildman–Crippen MR) is 75.9 cm³/mol. The van der Waals surface area contributed by atoms with Crippen molar-refractivity contribution in [2.75, 3.05) is 6.54 Å². The summed E-state index contributed by atoms with van der Waals surface area (Å²) in [6, 6.07) is 9.92. The zero-order valence-corrected chi connectivity index (χ0v) is 11.8. The van der Waals surface area contributed by atoms with E-state index in [0.29, 0.717) is 13.0 Å². The average Bonchev–Trinajstić information content (AvgIpc) is 3.19. The molecular formula is C16H23NO2. The van der Waals surface area contributed by atoms with E-state index < -0.39 is 5.60 Å². The van der Waals surface area contributed by atoms with Gasteiger partial charge >= 0.3 is 0 Å². The average molecular weight is 261 g/mol. The van der Waals surface area contributed by atoms with Crippen molar-refractivity contribution >= 4 is 5.91 Å². The third kappa shape index (κ3) is 3.16. The number of nitrogens with one attached hydrogen (secondary N) is 1. The summed E-state index contributed by atoms with van der Waals surface area (Å²) in [6.45, 7) is 4.13. The molecule has 0 aromatic heterocycles. The van der Waals surface area contributed by atoms with Gasteiger partial charge in [0.05, 0.1) is 11.0 Å². The van der Waals surface area contributed by atoms with E-state index in [1.807, 2.05) is 37.3 Å². The van der Waals surface area contributed by atoms with Gasteiger partial charge in [0.1, 0.15) is 0 Å². The molecule has 1 atom stereocenters. The molecule has 1 aromatic carbocycles. The Labute approximate surface area is 115 Å². The molecule has 1 unspecified atom stereocenters. The number of amides is 1. The molecule has 0 spiro atoms. The molecular weight excluding hydrogens is 238 g/mol. The summed E-state index contributed by atoms with van der Waals surface area (Å²) in [5.41, 5.74) is -0.0663. The summed E-state index contributed by atoms with van der Waals surface area (Å²) in [5, 5.41) is 13.0. The first-order valence-corrected chi connectivity index (χ1v) is 7.06. The van der Waals surface area contributed by atoms with Gasteiger partial charge in [0, 0.05) is 6.54 Å². The fraction of sp³-hybridized carbons (Fsp3) is 0.562. The summed E-state index contributed by atoms with van der Waals surface area (Å²) in [7, 11) is 0. The van der Waals surface area contributed by atoms with Crippen LogP contribution < -0.4 is 5.32 Å². The van der Waals surface area contributed by atoms with Crippen LogP contribution in [-0.4, -0.2) is 23.2 Å². The quantitative estimate of drug-likeness (QED) is 0.826. The molecule has 3 heteroatoms. The van der Waals surface area contributed by atoms with Crippen LogP contribution in [0.25, 0.3) is 0 Å². The zero-order valence-electron chi connectivity index (χ0n) is 11.8. The summed E-state index contributed by atoms with van der Waals surface area (Å²) < 4.78 is 0. The van der Waals surface area contributed by atoms with Gasteiger partial charge in [-0.05, 0) is 31.7 Å². The normalized spacial score (nSPS) is 19.5. The van der Waals surface area contributed by atoms with Crippen molar-refractivity contribution in [3.63, 3.8) is 0 Å². The largest absolute Gasteiger partial charge is 0.388 e. The van der Waals surface area contributed by atoms with E-state index >= 15 is 0 Å². The van der Waals surface area contributed by atoms with Crippen LogP contribution in [0.5, 0.6) is 0 Å². The molecule has 0 aliphatic heterocycles. The maximum atomic E-state index is 12.4. The van der Waals surface area contributed by atoms with Crippen LogP contribution in [0.15, 0.2) is 30.3 Å². The van der Waals surface area contributed by atoms with Crippen molar-refractivity contribution in [2.45, 2.75) is 50.5 Å². The lowest BCUT2D eigenvalue weighted by Gasteiger charge is -2.25. The van der Waals surface area contributed by atoms with Gasteiger partial charge in [0.2, 0.25) is 5.91 Å². The lowest BCUT2D eigenvalue weighted by atomic mass is 9.94. The van der Waals surface area contributed by atoms with Crippen molar-refractivity contribution < 1.29 is 9.90 Å². The predicted octanol–water partition coefficient (Wildman–Crippen LogP) is 2.39. The highest BCUT2D eigenvalue weighted by Gasteiger charge is 2.51. The van der Waals surface area contributed by atoms with Crippen molar-refractivity contribution in [2.24, 2.45) is 0 Å². The van der Waals surface area contributed by atoms with Gasteiger partial charge in [0.25, 0.3) is 0 Å². The Kier molecular flexibility index (Phi) is 3.95. The Morgan fingerprint density at radius 1 is 1.37 bits per heavy atom. The molecule has 1 aliphatic carbocycles. The topological polar surface area (TPSA) is 49.3 Å². The van der Waals surface area contributed by atoms with E-state index in [2.05, 4.69) is 5.32 Å². The summed E-state index contributed by atoms with van der Waals surface area (Å²) in [6.07, 6.45) is 3.41. The number of rotatable bonds is 6. The van der Waals surface area contributed by atoms with Crippen molar-refractivity contribution in [3.05, 3.63) is 35.9 Å². The van der Waals surface area contributed by atoms with E-state index in [1.165, 1.54) is 0 Å². The van der Waals surface area contributed by atoms with Crippen molar-refractivity contribution in [3.8, 4) is 0 Å². The second kappa shape index (κ2) is 5.33. The summed E-state index contributed by atoms with van der Waals surface area (Å²) in [4.78, 5) is 12.4. The molecule has 0 bridgehead atoms. The molecule has 1 saturated carbocycles. The van der Waals surface area contributed by atoms with E-state index in [0.717, 1.165) is 24.8 Å². The Morgan fingerprint density at radius 3 is 2.53 bits per heavy atom. The molecule has 19 heavy (non-hydrogen) atoms. The van der Waals surface area contributed by atoms with Crippen molar-refractivity contribution in [1.29, 1.82) is 0 Å². The standard InChI is InChI=1S/C16H23NO2/c1-3-9-15(2,19)12-17-14(18)16(10-11-16)13-7-5-4-6-8-13/h4-8,19H,3,9-12H2,1-2H3,(H,17,18).